The van der Waals surface area contributed by atoms with E-state index in [-0.39, 0.29) is 6.61 Å². The number of amides is 1. The summed E-state index contributed by atoms with van der Waals surface area (Å²) in [5.74, 6) is 0.581. The molecule has 3 rings (SSSR count). The van der Waals surface area contributed by atoms with Gasteiger partial charge in [0.25, 0.3) is 0 Å². The maximum atomic E-state index is 11.9. The van der Waals surface area contributed by atoms with Crippen molar-refractivity contribution in [3.63, 3.8) is 0 Å². The number of nitrogens with one attached hydrogen (secondary N) is 2. The van der Waals surface area contributed by atoms with Crippen LogP contribution in [0, 0.1) is 6.92 Å². The molecule has 0 aromatic heterocycles. The summed E-state index contributed by atoms with van der Waals surface area (Å²) in [5.41, 5.74) is 4.24. The molecule has 1 aliphatic heterocycles. The summed E-state index contributed by atoms with van der Waals surface area (Å²) < 4.78 is 5.24. The lowest BCUT2D eigenvalue weighted by Gasteiger charge is -2.11. The van der Waals surface area contributed by atoms with Crippen molar-refractivity contribution in [2.45, 2.75) is 25.9 Å². The zero-order chi connectivity index (χ0) is 16.1. The van der Waals surface area contributed by atoms with Crippen molar-refractivity contribution in [3.8, 4) is 0 Å². The van der Waals surface area contributed by atoms with E-state index in [1.165, 1.54) is 17.5 Å². The van der Waals surface area contributed by atoms with Crippen LogP contribution in [0.25, 0.3) is 0 Å². The van der Waals surface area contributed by atoms with Crippen LogP contribution in [0.1, 0.15) is 29.0 Å². The minimum absolute atomic E-state index is 0.276. The second kappa shape index (κ2) is 7.29. The van der Waals surface area contributed by atoms with Crippen LogP contribution in [-0.4, -0.2) is 19.2 Å². The topological polar surface area (TPSA) is 50.4 Å². The van der Waals surface area contributed by atoms with Crippen molar-refractivity contribution in [1.82, 2.24) is 5.32 Å². The predicted molar refractivity (Wildman–Crippen MR) is 91.7 cm³/mol. The molecule has 2 aromatic rings. The molecule has 2 N–H and O–H groups in total. The number of carbonyl (C=O) groups is 1. The number of aryl methyl sites for hydroxylation is 1. The van der Waals surface area contributed by atoms with Gasteiger partial charge in [-0.15, -0.1) is 0 Å². The quantitative estimate of drug-likeness (QED) is 0.902. The highest BCUT2D eigenvalue weighted by atomic mass is 16.5. The van der Waals surface area contributed by atoms with Crippen LogP contribution in [-0.2, 0) is 11.3 Å². The lowest BCUT2D eigenvalue weighted by molar-refractivity contribution is 0.155. The fraction of sp³-hybridized carbons (Fsp3) is 0.316. The fourth-order valence-corrected chi connectivity index (χ4v) is 2.76. The first-order valence-electron chi connectivity index (χ1n) is 8.01. The summed E-state index contributed by atoms with van der Waals surface area (Å²) in [6.07, 6.45) is 0.742. The van der Waals surface area contributed by atoms with E-state index in [0.717, 1.165) is 24.3 Å². The number of hydrogen-bond acceptors (Lipinski definition) is 3. The average molecular weight is 310 g/mol. The molecule has 23 heavy (non-hydrogen) atoms. The Morgan fingerprint density at radius 2 is 1.91 bits per heavy atom. The summed E-state index contributed by atoms with van der Waals surface area (Å²) in [5, 5.41) is 6.13. The first-order chi connectivity index (χ1) is 11.2. The first kappa shape index (κ1) is 15.6. The number of rotatable bonds is 4. The minimum Gasteiger partial charge on any atom is -0.444 e. The molecular formula is C19H22N2O2. The molecule has 1 aliphatic rings. The first-order valence-corrected chi connectivity index (χ1v) is 8.01. The molecule has 0 bridgehead atoms. The Morgan fingerprint density at radius 3 is 2.57 bits per heavy atom. The Kier molecular flexibility index (Phi) is 4.93. The van der Waals surface area contributed by atoms with Crippen LogP contribution in [0.2, 0.25) is 0 Å². The summed E-state index contributed by atoms with van der Waals surface area (Å²) >= 11 is 0. The highest BCUT2D eigenvalue weighted by molar-refractivity contribution is 5.84. The van der Waals surface area contributed by atoms with E-state index >= 15 is 0 Å². The molecule has 4 nitrogen and oxygen atoms in total. The van der Waals surface area contributed by atoms with E-state index in [1.54, 1.807) is 0 Å². The number of hydrogen-bond donors (Lipinski definition) is 2. The monoisotopic (exact) mass is 310 g/mol. The van der Waals surface area contributed by atoms with E-state index in [2.05, 4.69) is 22.8 Å². The molecule has 1 amide bonds. The van der Waals surface area contributed by atoms with Gasteiger partial charge in [-0.05, 0) is 49.1 Å². The Morgan fingerprint density at radius 1 is 1.17 bits per heavy atom. The lowest BCUT2D eigenvalue weighted by Crippen LogP contribution is -2.13. The minimum atomic E-state index is -0.430. The van der Waals surface area contributed by atoms with Gasteiger partial charge < -0.3 is 10.1 Å². The predicted octanol–water partition coefficient (Wildman–Crippen LogP) is 3.82. The molecule has 120 valence electrons. The highest BCUT2D eigenvalue weighted by Crippen LogP contribution is 2.23. The van der Waals surface area contributed by atoms with Gasteiger partial charge >= 0.3 is 6.09 Å². The average Bonchev–Trinajstić information content (AvgIpc) is 3.09. The van der Waals surface area contributed by atoms with Gasteiger partial charge in [0, 0.05) is 12.2 Å². The third kappa shape index (κ3) is 4.33. The number of anilines is 1. The van der Waals surface area contributed by atoms with Crippen molar-refractivity contribution >= 4 is 11.8 Å². The molecule has 0 aliphatic carbocycles. The Labute approximate surface area is 136 Å². The summed E-state index contributed by atoms with van der Waals surface area (Å²) in [7, 11) is 0. The molecule has 1 atom stereocenters. The summed E-state index contributed by atoms with van der Waals surface area (Å²) in [6, 6.07) is 16.0. The molecule has 4 heteroatoms. The second-order valence-corrected chi connectivity index (χ2v) is 6.00. The van der Waals surface area contributed by atoms with Gasteiger partial charge in [-0.1, -0.05) is 42.0 Å². The van der Waals surface area contributed by atoms with Crippen molar-refractivity contribution in [3.05, 3.63) is 65.2 Å². The summed E-state index contributed by atoms with van der Waals surface area (Å²) in [6.45, 7) is 4.42. The van der Waals surface area contributed by atoms with Crippen molar-refractivity contribution < 1.29 is 9.53 Å². The zero-order valence-electron chi connectivity index (χ0n) is 13.3. The van der Waals surface area contributed by atoms with E-state index in [9.17, 15) is 4.79 Å². The van der Waals surface area contributed by atoms with Crippen LogP contribution in [0.3, 0.4) is 0 Å². The third-order valence-corrected chi connectivity index (χ3v) is 4.18. The molecule has 2 aromatic carbocycles. The maximum Gasteiger partial charge on any atom is 0.411 e. The highest BCUT2D eigenvalue weighted by Gasteiger charge is 2.16. The van der Waals surface area contributed by atoms with Gasteiger partial charge in [-0.3, -0.25) is 5.32 Å². The van der Waals surface area contributed by atoms with Crippen molar-refractivity contribution in [2.75, 3.05) is 18.4 Å². The van der Waals surface area contributed by atoms with E-state index in [4.69, 9.17) is 4.74 Å². The van der Waals surface area contributed by atoms with E-state index < -0.39 is 6.09 Å². The molecule has 1 unspecified atom stereocenters. The number of ether oxygens (including phenoxy) is 1. The maximum absolute atomic E-state index is 11.9. The van der Waals surface area contributed by atoms with Crippen LogP contribution in [0.15, 0.2) is 48.5 Å². The number of carbonyl (C=O) groups excluding carboxylic acids is 1. The molecule has 1 fully saturated rings. The van der Waals surface area contributed by atoms with E-state index in [1.807, 2.05) is 43.3 Å². The van der Waals surface area contributed by atoms with Crippen molar-refractivity contribution in [1.29, 1.82) is 0 Å². The van der Waals surface area contributed by atoms with Gasteiger partial charge in [0.15, 0.2) is 0 Å². The van der Waals surface area contributed by atoms with Crippen LogP contribution in [0.4, 0.5) is 10.5 Å². The Bertz CT molecular complexity index is 644. The Hall–Kier alpha value is -2.33. The third-order valence-electron chi connectivity index (χ3n) is 4.18. The van der Waals surface area contributed by atoms with Gasteiger partial charge in [0.1, 0.15) is 6.61 Å². The normalized spacial score (nSPS) is 17.0. The van der Waals surface area contributed by atoms with E-state index in [0.29, 0.717) is 5.92 Å². The molecule has 1 saturated heterocycles. The largest absolute Gasteiger partial charge is 0.444 e. The van der Waals surface area contributed by atoms with Gasteiger partial charge in [-0.25, -0.2) is 4.79 Å². The molecular weight excluding hydrogens is 288 g/mol. The zero-order valence-corrected chi connectivity index (χ0v) is 13.3. The standard InChI is InChI=1S/C19H22N2O2/c1-14-2-4-15(5-3-14)13-23-19(22)21-18-8-6-16(7-9-18)17-10-11-20-12-17/h2-9,17,20H,10-13H2,1H3,(H,21,22). The Balaban J connectivity index is 1.50. The molecule has 1 heterocycles. The number of benzene rings is 2. The fourth-order valence-electron chi connectivity index (χ4n) is 2.76. The van der Waals surface area contributed by atoms with Gasteiger partial charge in [0.2, 0.25) is 0 Å². The van der Waals surface area contributed by atoms with Gasteiger partial charge in [0.05, 0.1) is 0 Å². The summed E-state index contributed by atoms with van der Waals surface area (Å²) in [4.78, 5) is 11.9. The van der Waals surface area contributed by atoms with Gasteiger partial charge in [-0.2, -0.15) is 0 Å². The molecule has 0 radical (unpaired) electrons. The molecule has 0 spiro atoms. The second-order valence-electron chi connectivity index (χ2n) is 6.00. The van der Waals surface area contributed by atoms with Crippen LogP contribution in [0.5, 0.6) is 0 Å². The van der Waals surface area contributed by atoms with Crippen molar-refractivity contribution in [2.24, 2.45) is 0 Å². The molecule has 0 saturated carbocycles. The lowest BCUT2D eigenvalue weighted by atomic mass is 9.98. The SMILES string of the molecule is Cc1ccc(COC(=O)Nc2ccc(C3CCNC3)cc2)cc1. The van der Waals surface area contributed by atoms with Crippen LogP contribution < -0.4 is 10.6 Å². The smallest absolute Gasteiger partial charge is 0.411 e. The van der Waals surface area contributed by atoms with Crippen LogP contribution >= 0.6 is 0 Å².